The van der Waals surface area contributed by atoms with E-state index in [2.05, 4.69) is 22.2 Å². The molecule has 78 valence electrons. The highest BCUT2D eigenvalue weighted by molar-refractivity contribution is 5.99. The second-order valence-electron chi connectivity index (χ2n) is 3.76. The third-order valence-electron chi connectivity index (χ3n) is 2.72. The maximum absolute atomic E-state index is 8.75. The van der Waals surface area contributed by atoms with Crippen LogP contribution in [0.5, 0.6) is 0 Å². The highest BCUT2D eigenvalue weighted by Gasteiger charge is 2.15. The Hall–Kier alpha value is -1.77. The van der Waals surface area contributed by atoms with Gasteiger partial charge in [-0.15, -0.1) is 0 Å². The topological polar surface area (TPSA) is 35.8 Å². The Labute approximate surface area is 89.3 Å². The van der Waals surface area contributed by atoms with Crippen molar-refractivity contribution in [3.63, 3.8) is 0 Å². The van der Waals surface area contributed by atoms with Gasteiger partial charge in [0.15, 0.2) is 0 Å². The molecule has 2 rings (SSSR count). The molecular formula is C12H14N2O. The largest absolute Gasteiger partial charge is 0.411 e. The number of hydrogen-bond donors (Lipinski definition) is 1. The van der Waals surface area contributed by atoms with Crippen LogP contribution in [-0.2, 0) is 6.42 Å². The minimum atomic E-state index is 0.677. The molecule has 15 heavy (non-hydrogen) atoms. The van der Waals surface area contributed by atoms with E-state index in [-0.39, 0.29) is 0 Å². The maximum Gasteiger partial charge on any atom is 0.0814 e. The van der Waals surface area contributed by atoms with Gasteiger partial charge in [0.25, 0.3) is 0 Å². The first-order valence-corrected chi connectivity index (χ1v) is 4.93. The zero-order valence-electron chi connectivity index (χ0n) is 8.94. The number of oxime groups is 1. The summed E-state index contributed by atoms with van der Waals surface area (Å²) in [7, 11) is 2.00. The average molecular weight is 202 g/mol. The van der Waals surface area contributed by atoms with Crippen molar-refractivity contribution in [2.45, 2.75) is 13.3 Å². The van der Waals surface area contributed by atoms with Crippen molar-refractivity contribution in [3.8, 4) is 0 Å². The first-order chi connectivity index (χ1) is 7.22. The molecule has 1 heterocycles. The average Bonchev–Trinajstić information content (AvgIpc) is 2.28. The molecule has 0 aliphatic carbocycles. The van der Waals surface area contributed by atoms with Crippen molar-refractivity contribution in [2.24, 2.45) is 5.16 Å². The van der Waals surface area contributed by atoms with Crippen LogP contribution in [0.2, 0.25) is 0 Å². The smallest absolute Gasteiger partial charge is 0.0814 e. The first-order valence-electron chi connectivity index (χ1n) is 4.93. The summed E-state index contributed by atoms with van der Waals surface area (Å²) in [5.41, 5.74) is 4.21. The van der Waals surface area contributed by atoms with E-state index in [1.165, 1.54) is 11.3 Å². The van der Waals surface area contributed by atoms with Crippen LogP contribution in [0.1, 0.15) is 12.5 Å². The third-order valence-corrected chi connectivity index (χ3v) is 2.72. The van der Waals surface area contributed by atoms with Gasteiger partial charge in [0, 0.05) is 25.4 Å². The van der Waals surface area contributed by atoms with Gasteiger partial charge in [-0.25, -0.2) is 0 Å². The van der Waals surface area contributed by atoms with E-state index in [9.17, 15) is 0 Å². The highest BCUT2D eigenvalue weighted by Crippen LogP contribution is 2.27. The maximum atomic E-state index is 8.75. The molecule has 3 nitrogen and oxygen atoms in total. The summed E-state index contributed by atoms with van der Waals surface area (Å²) in [6.45, 7) is 1.81. The quantitative estimate of drug-likeness (QED) is 0.431. The molecule has 0 saturated heterocycles. The highest BCUT2D eigenvalue weighted by atomic mass is 16.4. The van der Waals surface area contributed by atoms with Crippen LogP contribution in [0.15, 0.2) is 41.2 Å². The van der Waals surface area contributed by atoms with Crippen molar-refractivity contribution in [3.05, 3.63) is 41.6 Å². The predicted molar refractivity (Wildman–Crippen MR) is 61.5 cm³/mol. The van der Waals surface area contributed by atoms with E-state index < -0.39 is 0 Å². The van der Waals surface area contributed by atoms with Crippen LogP contribution in [0.3, 0.4) is 0 Å². The number of hydrogen-bond acceptors (Lipinski definition) is 3. The minimum absolute atomic E-state index is 0.677. The van der Waals surface area contributed by atoms with Gasteiger partial charge in [0.05, 0.1) is 5.71 Å². The van der Waals surface area contributed by atoms with Crippen molar-refractivity contribution in [1.29, 1.82) is 0 Å². The zero-order chi connectivity index (χ0) is 10.8. The Balaban J connectivity index is 2.40. The Morgan fingerprint density at radius 1 is 1.40 bits per heavy atom. The molecule has 0 atom stereocenters. The van der Waals surface area contributed by atoms with Gasteiger partial charge in [0.1, 0.15) is 0 Å². The van der Waals surface area contributed by atoms with Crippen LogP contribution in [0, 0.1) is 0 Å². The van der Waals surface area contributed by atoms with Gasteiger partial charge in [-0.05, 0) is 24.1 Å². The molecule has 1 aliphatic heterocycles. The monoisotopic (exact) mass is 202 g/mol. The van der Waals surface area contributed by atoms with Crippen molar-refractivity contribution in [2.75, 3.05) is 11.9 Å². The van der Waals surface area contributed by atoms with Crippen molar-refractivity contribution < 1.29 is 5.21 Å². The summed E-state index contributed by atoms with van der Waals surface area (Å²) in [6.07, 6.45) is 2.84. The molecule has 0 saturated carbocycles. The molecule has 1 aromatic carbocycles. The van der Waals surface area contributed by atoms with Crippen LogP contribution in [-0.4, -0.2) is 18.0 Å². The SMILES string of the molecule is C/C(=N\O)C1=CN(C)c2ccccc2C1. The third kappa shape index (κ3) is 1.73. The second-order valence-corrected chi connectivity index (χ2v) is 3.76. The number of allylic oxidation sites excluding steroid dienone is 1. The van der Waals surface area contributed by atoms with Gasteiger partial charge in [-0.1, -0.05) is 23.4 Å². The zero-order valence-corrected chi connectivity index (χ0v) is 8.94. The summed E-state index contributed by atoms with van der Waals surface area (Å²) in [5, 5.41) is 12.0. The molecule has 1 N–H and O–H groups in total. The van der Waals surface area contributed by atoms with E-state index in [1.807, 2.05) is 32.3 Å². The Morgan fingerprint density at radius 3 is 2.87 bits per heavy atom. The summed E-state index contributed by atoms with van der Waals surface area (Å²) in [5.74, 6) is 0. The molecule has 0 aromatic heterocycles. The molecule has 0 spiro atoms. The molecule has 3 heteroatoms. The normalized spacial score (nSPS) is 16.0. The molecular weight excluding hydrogens is 188 g/mol. The Kier molecular flexibility index (Phi) is 2.46. The number of nitrogens with zero attached hydrogens (tertiary/aromatic N) is 2. The lowest BCUT2D eigenvalue weighted by molar-refractivity contribution is 0.319. The summed E-state index contributed by atoms with van der Waals surface area (Å²) < 4.78 is 0. The van der Waals surface area contributed by atoms with E-state index in [0.717, 1.165) is 12.0 Å². The van der Waals surface area contributed by atoms with Crippen LogP contribution in [0.25, 0.3) is 0 Å². The van der Waals surface area contributed by atoms with E-state index in [0.29, 0.717) is 5.71 Å². The Bertz CT molecular complexity index is 435. The predicted octanol–water partition coefficient (Wildman–Crippen LogP) is 2.41. The number of rotatable bonds is 1. The molecule has 1 aromatic rings. The van der Waals surface area contributed by atoms with E-state index in [1.54, 1.807) is 0 Å². The van der Waals surface area contributed by atoms with Gasteiger partial charge < -0.3 is 10.1 Å². The molecule has 1 aliphatic rings. The van der Waals surface area contributed by atoms with Crippen LogP contribution >= 0.6 is 0 Å². The fourth-order valence-corrected chi connectivity index (χ4v) is 1.84. The molecule has 0 fully saturated rings. The molecule has 0 bridgehead atoms. The van der Waals surface area contributed by atoms with Gasteiger partial charge in [-0.3, -0.25) is 0 Å². The molecule has 0 radical (unpaired) electrons. The summed E-state index contributed by atoms with van der Waals surface area (Å²) in [4.78, 5) is 2.06. The lowest BCUT2D eigenvalue weighted by Gasteiger charge is -2.25. The van der Waals surface area contributed by atoms with Crippen molar-refractivity contribution in [1.82, 2.24) is 0 Å². The van der Waals surface area contributed by atoms with E-state index >= 15 is 0 Å². The van der Waals surface area contributed by atoms with Gasteiger partial charge in [0.2, 0.25) is 0 Å². The number of anilines is 1. The fourth-order valence-electron chi connectivity index (χ4n) is 1.84. The first kappa shape index (κ1) is 9.77. The standard InChI is InChI=1S/C12H14N2O/c1-9(13-15)11-7-10-5-3-4-6-12(10)14(2)8-11/h3-6,8,15H,7H2,1-2H3/b13-9+. The van der Waals surface area contributed by atoms with E-state index in [4.69, 9.17) is 5.21 Å². The summed E-state index contributed by atoms with van der Waals surface area (Å²) >= 11 is 0. The lowest BCUT2D eigenvalue weighted by Crippen LogP contribution is -2.19. The number of para-hydroxylation sites is 1. The van der Waals surface area contributed by atoms with Crippen LogP contribution in [0.4, 0.5) is 5.69 Å². The Morgan fingerprint density at radius 2 is 2.13 bits per heavy atom. The fraction of sp³-hybridized carbons (Fsp3) is 0.250. The minimum Gasteiger partial charge on any atom is -0.411 e. The lowest BCUT2D eigenvalue weighted by atomic mass is 9.97. The number of benzene rings is 1. The number of fused-ring (bicyclic) bond motifs is 1. The van der Waals surface area contributed by atoms with Crippen molar-refractivity contribution >= 4 is 11.4 Å². The van der Waals surface area contributed by atoms with Gasteiger partial charge in [-0.2, -0.15) is 0 Å². The summed E-state index contributed by atoms with van der Waals surface area (Å²) in [6, 6.07) is 8.25. The molecule has 0 amide bonds. The van der Waals surface area contributed by atoms with Gasteiger partial charge >= 0.3 is 0 Å². The second kappa shape index (κ2) is 3.77. The van der Waals surface area contributed by atoms with Crippen LogP contribution < -0.4 is 4.90 Å². The molecule has 0 unspecified atom stereocenters.